The zero-order chi connectivity index (χ0) is 7.72. The van der Waals surface area contributed by atoms with E-state index >= 15 is 0 Å². The summed E-state index contributed by atoms with van der Waals surface area (Å²) < 4.78 is 5.48. The summed E-state index contributed by atoms with van der Waals surface area (Å²) in [5.74, 6) is 0.431. The molecule has 0 radical (unpaired) electrons. The molecule has 1 aliphatic heterocycles. The van der Waals surface area contributed by atoms with E-state index < -0.39 is 0 Å². The number of hydrogen-bond acceptors (Lipinski definition) is 2. The highest BCUT2D eigenvalue weighted by Gasteiger charge is 2.32. The molecule has 0 aromatic carbocycles. The topological polar surface area (TPSA) is 29.5 Å². The molecular weight excluding hydrogens is 128 g/mol. The van der Waals surface area contributed by atoms with E-state index in [9.17, 15) is 5.11 Å². The number of aliphatic hydroxyl groups excluding tert-OH is 1. The molecule has 0 aromatic heterocycles. The number of aliphatic hydroxyl groups is 1. The van der Waals surface area contributed by atoms with Crippen molar-refractivity contribution < 1.29 is 9.84 Å². The van der Waals surface area contributed by atoms with Crippen molar-refractivity contribution in [3.05, 3.63) is 0 Å². The molecule has 0 spiro atoms. The Morgan fingerprint density at radius 2 is 2.10 bits per heavy atom. The quantitative estimate of drug-likeness (QED) is 0.599. The summed E-state index contributed by atoms with van der Waals surface area (Å²) >= 11 is 0. The molecule has 0 saturated carbocycles. The minimum atomic E-state index is -0.241. The fraction of sp³-hybridized carbons (Fsp3) is 1.00. The molecule has 60 valence electrons. The van der Waals surface area contributed by atoms with Crippen LogP contribution < -0.4 is 0 Å². The molecule has 1 aliphatic rings. The van der Waals surface area contributed by atoms with Crippen LogP contribution in [0.2, 0.25) is 0 Å². The maximum Gasteiger partial charge on any atom is 0.0861 e. The summed E-state index contributed by atoms with van der Waals surface area (Å²) in [6.45, 7) is 6.16. The van der Waals surface area contributed by atoms with E-state index in [1.165, 1.54) is 0 Å². The van der Waals surface area contributed by atoms with Crippen LogP contribution in [0.15, 0.2) is 0 Å². The van der Waals surface area contributed by atoms with Crippen molar-refractivity contribution in [3.8, 4) is 0 Å². The third kappa shape index (κ3) is 1.50. The molecule has 1 heterocycles. The van der Waals surface area contributed by atoms with E-state index in [0.29, 0.717) is 5.92 Å². The summed E-state index contributed by atoms with van der Waals surface area (Å²) in [6.07, 6.45) is 0.857. The second kappa shape index (κ2) is 2.89. The molecule has 0 aromatic rings. The Labute approximate surface area is 62.2 Å². The average Bonchev–Trinajstić information content (AvgIpc) is 2.10. The van der Waals surface area contributed by atoms with Crippen molar-refractivity contribution in [1.29, 1.82) is 0 Å². The maximum atomic E-state index is 9.40. The van der Waals surface area contributed by atoms with Gasteiger partial charge in [-0.15, -0.1) is 0 Å². The second-order valence-corrected chi connectivity index (χ2v) is 3.46. The Hall–Kier alpha value is -0.0800. The highest BCUT2D eigenvalue weighted by atomic mass is 16.5. The van der Waals surface area contributed by atoms with Crippen LogP contribution in [0.4, 0.5) is 0 Å². The monoisotopic (exact) mass is 144 g/mol. The molecule has 1 saturated heterocycles. The van der Waals surface area contributed by atoms with Crippen molar-refractivity contribution in [1.82, 2.24) is 0 Å². The number of hydrogen-bond donors (Lipinski definition) is 1. The van der Waals surface area contributed by atoms with Crippen LogP contribution in [0.25, 0.3) is 0 Å². The van der Waals surface area contributed by atoms with Crippen molar-refractivity contribution >= 4 is 0 Å². The number of rotatable bonds is 1. The molecule has 1 fully saturated rings. The summed E-state index contributed by atoms with van der Waals surface area (Å²) in [6, 6.07) is 0. The fourth-order valence-electron chi connectivity index (χ4n) is 1.49. The first-order valence-corrected chi connectivity index (χ1v) is 3.94. The zero-order valence-corrected chi connectivity index (χ0v) is 6.87. The van der Waals surface area contributed by atoms with Gasteiger partial charge in [0.15, 0.2) is 0 Å². The van der Waals surface area contributed by atoms with Gasteiger partial charge < -0.3 is 9.84 Å². The van der Waals surface area contributed by atoms with Gasteiger partial charge in [0.05, 0.1) is 18.3 Å². The molecular formula is C8H16O2. The van der Waals surface area contributed by atoms with E-state index in [1.807, 2.05) is 6.92 Å². The van der Waals surface area contributed by atoms with E-state index in [0.717, 1.165) is 6.42 Å². The summed E-state index contributed by atoms with van der Waals surface area (Å²) in [5, 5.41) is 9.40. The van der Waals surface area contributed by atoms with Gasteiger partial charge in [-0.2, -0.15) is 0 Å². The Morgan fingerprint density at radius 3 is 2.30 bits per heavy atom. The zero-order valence-electron chi connectivity index (χ0n) is 6.87. The largest absolute Gasteiger partial charge is 0.390 e. The van der Waals surface area contributed by atoms with Crippen molar-refractivity contribution in [2.45, 2.75) is 45.5 Å². The molecule has 0 unspecified atom stereocenters. The molecule has 0 aliphatic carbocycles. The first-order chi connectivity index (χ1) is 4.61. The van der Waals surface area contributed by atoms with Gasteiger partial charge in [-0.25, -0.2) is 0 Å². The minimum Gasteiger partial charge on any atom is -0.390 e. The summed E-state index contributed by atoms with van der Waals surface area (Å²) in [4.78, 5) is 0. The first kappa shape index (κ1) is 8.02. The van der Waals surface area contributed by atoms with Gasteiger partial charge in [-0.3, -0.25) is 0 Å². The maximum absolute atomic E-state index is 9.40. The van der Waals surface area contributed by atoms with E-state index in [-0.39, 0.29) is 18.3 Å². The second-order valence-electron chi connectivity index (χ2n) is 3.46. The highest BCUT2D eigenvalue weighted by Crippen LogP contribution is 2.24. The SMILES string of the molecule is CC(C)[C@@H]1O[C@H](C)C[C@H]1O. The smallest absolute Gasteiger partial charge is 0.0861 e. The summed E-state index contributed by atoms with van der Waals surface area (Å²) in [5.41, 5.74) is 0. The van der Waals surface area contributed by atoms with Crippen LogP contribution >= 0.6 is 0 Å². The van der Waals surface area contributed by atoms with E-state index in [2.05, 4.69) is 13.8 Å². The predicted molar refractivity (Wildman–Crippen MR) is 39.8 cm³/mol. The Kier molecular flexibility index (Phi) is 2.32. The van der Waals surface area contributed by atoms with Gasteiger partial charge in [-0.1, -0.05) is 13.8 Å². The standard InChI is InChI=1S/C8H16O2/c1-5(2)8-7(9)4-6(3)10-8/h5-9H,4H2,1-3H3/t6-,7-,8+/m1/s1. The third-order valence-electron chi connectivity index (χ3n) is 2.00. The van der Waals surface area contributed by atoms with Crippen LogP contribution in [0.3, 0.4) is 0 Å². The van der Waals surface area contributed by atoms with Gasteiger partial charge in [0, 0.05) is 6.42 Å². The van der Waals surface area contributed by atoms with Gasteiger partial charge in [-0.05, 0) is 12.8 Å². The molecule has 10 heavy (non-hydrogen) atoms. The molecule has 3 atom stereocenters. The van der Waals surface area contributed by atoms with Crippen molar-refractivity contribution in [2.75, 3.05) is 0 Å². The minimum absolute atomic E-state index is 0.0648. The van der Waals surface area contributed by atoms with Crippen LogP contribution in [0.1, 0.15) is 27.2 Å². The lowest BCUT2D eigenvalue weighted by Gasteiger charge is -2.17. The third-order valence-corrected chi connectivity index (χ3v) is 2.00. The van der Waals surface area contributed by atoms with E-state index in [4.69, 9.17) is 4.74 Å². The molecule has 1 N–H and O–H groups in total. The Morgan fingerprint density at radius 1 is 1.50 bits per heavy atom. The lowest BCUT2D eigenvalue weighted by atomic mass is 10.0. The lowest BCUT2D eigenvalue weighted by Crippen LogP contribution is -2.26. The fourth-order valence-corrected chi connectivity index (χ4v) is 1.49. The Balaban J connectivity index is 2.46. The summed E-state index contributed by atoms with van der Waals surface area (Å²) in [7, 11) is 0. The van der Waals surface area contributed by atoms with Crippen molar-refractivity contribution in [2.24, 2.45) is 5.92 Å². The molecule has 2 nitrogen and oxygen atoms in total. The van der Waals surface area contributed by atoms with Gasteiger partial charge in [0.25, 0.3) is 0 Å². The Bertz CT molecular complexity index is 112. The molecule has 2 heteroatoms. The van der Waals surface area contributed by atoms with Crippen LogP contribution in [-0.4, -0.2) is 23.4 Å². The van der Waals surface area contributed by atoms with Crippen molar-refractivity contribution in [3.63, 3.8) is 0 Å². The van der Waals surface area contributed by atoms with E-state index in [1.54, 1.807) is 0 Å². The molecule has 0 bridgehead atoms. The van der Waals surface area contributed by atoms with Gasteiger partial charge >= 0.3 is 0 Å². The van der Waals surface area contributed by atoms with Crippen LogP contribution in [-0.2, 0) is 4.74 Å². The lowest BCUT2D eigenvalue weighted by molar-refractivity contribution is -0.0114. The van der Waals surface area contributed by atoms with Gasteiger partial charge in [0.2, 0.25) is 0 Å². The van der Waals surface area contributed by atoms with Crippen LogP contribution in [0.5, 0.6) is 0 Å². The normalized spacial score (nSPS) is 41.1. The van der Waals surface area contributed by atoms with Gasteiger partial charge in [0.1, 0.15) is 0 Å². The molecule has 0 amide bonds. The highest BCUT2D eigenvalue weighted by molar-refractivity contribution is 4.81. The molecule has 1 rings (SSSR count). The predicted octanol–water partition coefficient (Wildman–Crippen LogP) is 1.18. The van der Waals surface area contributed by atoms with Crippen LogP contribution in [0, 0.1) is 5.92 Å². The number of ether oxygens (including phenoxy) is 1. The first-order valence-electron chi connectivity index (χ1n) is 3.94. The average molecular weight is 144 g/mol.